The van der Waals surface area contributed by atoms with Gasteiger partial charge < -0.3 is 4.42 Å². The molecule has 0 atom stereocenters. The number of amides is 1. The number of rotatable bonds is 3. The number of hydrogen-bond donors (Lipinski definition) is 1. The maximum Gasteiger partial charge on any atom is 0.417 e. The van der Waals surface area contributed by atoms with Crippen LogP contribution in [0.2, 0.25) is 0 Å². The minimum atomic E-state index is -4.87. The van der Waals surface area contributed by atoms with Crippen molar-refractivity contribution in [1.29, 1.82) is 0 Å². The predicted octanol–water partition coefficient (Wildman–Crippen LogP) is 2.36. The van der Waals surface area contributed by atoms with Crippen molar-refractivity contribution in [2.24, 2.45) is 0 Å². The molecule has 0 aliphatic carbocycles. The summed E-state index contributed by atoms with van der Waals surface area (Å²) in [7, 11) is -4.22. The van der Waals surface area contributed by atoms with E-state index >= 15 is 0 Å². The second-order valence-corrected chi connectivity index (χ2v) is 6.92. The van der Waals surface area contributed by atoms with E-state index in [2.05, 4.69) is 15.5 Å². The molecule has 0 aliphatic rings. The van der Waals surface area contributed by atoms with Crippen molar-refractivity contribution in [1.82, 2.24) is 10.2 Å². The van der Waals surface area contributed by atoms with Gasteiger partial charge in [-0.05, 0) is 24.6 Å². The standard InChI is InChI=1S/C13H12F3N3O4S/c1-6-8(11(20)17-12-19-18-7(2)23-12)4-5-9(13(14,15)16)10(6)24(3,21)22/h4-5H,1-3H3,(H,17,19,20). The summed E-state index contributed by atoms with van der Waals surface area (Å²) in [5.74, 6) is -0.693. The third-order valence-corrected chi connectivity index (χ3v) is 4.34. The van der Waals surface area contributed by atoms with Gasteiger partial charge in [-0.1, -0.05) is 5.10 Å². The third-order valence-electron chi connectivity index (χ3n) is 3.07. The van der Waals surface area contributed by atoms with Crippen LogP contribution < -0.4 is 5.32 Å². The van der Waals surface area contributed by atoms with Crippen LogP contribution in [0.3, 0.4) is 0 Å². The highest BCUT2D eigenvalue weighted by Gasteiger charge is 2.38. The smallest absolute Gasteiger partial charge is 0.408 e. The number of nitrogens with one attached hydrogen (secondary N) is 1. The lowest BCUT2D eigenvalue weighted by Crippen LogP contribution is -2.19. The van der Waals surface area contributed by atoms with Gasteiger partial charge in [-0.15, -0.1) is 5.10 Å². The molecular formula is C13H12F3N3O4S. The minimum absolute atomic E-state index is 0.172. The summed E-state index contributed by atoms with van der Waals surface area (Å²) in [6, 6.07) is 1.20. The average Bonchev–Trinajstić information content (AvgIpc) is 2.80. The number of nitrogens with zero attached hydrogens (tertiary/aromatic N) is 2. The van der Waals surface area contributed by atoms with Gasteiger partial charge >= 0.3 is 12.2 Å². The molecule has 0 spiro atoms. The zero-order valence-electron chi connectivity index (χ0n) is 12.7. The monoisotopic (exact) mass is 363 g/mol. The number of aryl methyl sites for hydroxylation is 1. The summed E-state index contributed by atoms with van der Waals surface area (Å²) < 4.78 is 67.6. The van der Waals surface area contributed by atoms with Crippen LogP contribution in [0.25, 0.3) is 0 Å². The molecule has 1 aromatic heterocycles. The molecule has 0 saturated heterocycles. The van der Waals surface area contributed by atoms with Crippen LogP contribution in [0.1, 0.15) is 27.4 Å². The number of anilines is 1. The summed E-state index contributed by atoms with van der Waals surface area (Å²) in [4.78, 5) is 11.2. The molecule has 0 aliphatic heterocycles. The molecule has 0 unspecified atom stereocenters. The Morgan fingerprint density at radius 1 is 1.21 bits per heavy atom. The lowest BCUT2D eigenvalue weighted by Gasteiger charge is -2.16. The van der Waals surface area contributed by atoms with E-state index in [9.17, 15) is 26.4 Å². The number of carbonyl (C=O) groups is 1. The topological polar surface area (TPSA) is 102 Å². The molecule has 1 aromatic carbocycles. The van der Waals surface area contributed by atoms with Crippen molar-refractivity contribution in [3.63, 3.8) is 0 Å². The molecule has 1 N–H and O–H groups in total. The molecule has 130 valence electrons. The molecule has 0 bridgehead atoms. The highest BCUT2D eigenvalue weighted by atomic mass is 32.2. The molecule has 2 rings (SSSR count). The summed E-state index contributed by atoms with van der Waals surface area (Å²) in [5, 5.41) is 9.21. The van der Waals surface area contributed by atoms with E-state index < -0.39 is 32.4 Å². The lowest BCUT2D eigenvalue weighted by atomic mass is 10.0. The first-order valence-electron chi connectivity index (χ1n) is 6.43. The SMILES string of the molecule is Cc1nnc(NC(=O)c2ccc(C(F)(F)F)c(S(C)(=O)=O)c2C)o1. The van der Waals surface area contributed by atoms with Gasteiger partial charge in [0, 0.05) is 18.7 Å². The van der Waals surface area contributed by atoms with Crippen LogP contribution in [-0.2, 0) is 16.0 Å². The first-order valence-corrected chi connectivity index (χ1v) is 8.32. The number of alkyl halides is 3. The van der Waals surface area contributed by atoms with Crippen molar-refractivity contribution < 1.29 is 30.8 Å². The Morgan fingerprint density at radius 3 is 2.29 bits per heavy atom. The van der Waals surface area contributed by atoms with Gasteiger partial charge in [0.05, 0.1) is 10.5 Å². The Balaban J connectivity index is 2.55. The molecule has 1 amide bonds. The Labute approximate surface area is 134 Å². The van der Waals surface area contributed by atoms with Crippen LogP contribution in [0.4, 0.5) is 19.2 Å². The fourth-order valence-corrected chi connectivity index (χ4v) is 3.40. The minimum Gasteiger partial charge on any atom is -0.408 e. The summed E-state index contributed by atoms with van der Waals surface area (Å²) >= 11 is 0. The Hall–Kier alpha value is -2.43. The second-order valence-electron chi connectivity index (χ2n) is 4.97. The molecular weight excluding hydrogens is 351 g/mol. The van der Waals surface area contributed by atoms with Crippen LogP contribution >= 0.6 is 0 Å². The van der Waals surface area contributed by atoms with E-state index in [1.807, 2.05) is 0 Å². The summed E-state index contributed by atoms with van der Waals surface area (Å²) in [6.45, 7) is 2.60. The van der Waals surface area contributed by atoms with E-state index in [1.54, 1.807) is 0 Å². The predicted molar refractivity (Wildman–Crippen MR) is 76.3 cm³/mol. The molecule has 2 aromatic rings. The number of hydrogen-bond acceptors (Lipinski definition) is 6. The van der Waals surface area contributed by atoms with Crippen LogP contribution in [0.5, 0.6) is 0 Å². The highest BCUT2D eigenvalue weighted by molar-refractivity contribution is 7.90. The second kappa shape index (κ2) is 5.89. The zero-order chi connectivity index (χ0) is 18.3. The molecule has 1 heterocycles. The highest BCUT2D eigenvalue weighted by Crippen LogP contribution is 2.37. The van der Waals surface area contributed by atoms with E-state index in [0.29, 0.717) is 12.3 Å². The largest absolute Gasteiger partial charge is 0.417 e. The summed E-state index contributed by atoms with van der Waals surface area (Å²) in [6.07, 6.45) is -4.23. The van der Waals surface area contributed by atoms with Crippen LogP contribution in [0.15, 0.2) is 21.4 Å². The maximum atomic E-state index is 13.0. The number of benzene rings is 1. The molecule has 0 saturated carbocycles. The van der Waals surface area contributed by atoms with Gasteiger partial charge in [0.2, 0.25) is 5.89 Å². The Kier molecular flexibility index (Phi) is 4.40. The summed E-state index contributed by atoms with van der Waals surface area (Å²) in [5.41, 5.74) is -1.90. The average molecular weight is 363 g/mol. The lowest BCUT2D eigenvalue weighted by molar-refractivity contribution is -0.139. The van der Waals surface area contributed by atoms with Crippen molar-refractivity contribution >= 4 is 21.8 Å². The normalized spacial score (nSPS) is 12.2. The molecule has 0 fully saturated rings. The molecule has 24 heavy (non-hydrogen) atoms. The quantitative estimate of drug-likeness (QED) is 0.898. The van der Waals surface area contributed by atoms with Gasteiger partial charge in [-0.3, -0.25) is 10.1 Å². The number of sulfone groups is 1. The van der Waals surface area contributed by atoms with Gasteiger partial charge in [-0.2, -0.15) is 13.2 Å². The van der Waals surface area contributed by atoms with Gasteiger partial charge in [0.1, 0.15) is 0 Å². The van der Waals surface area contributed by atoms with Crippen molar-refractivity contribution in [3.8, 4) is 0 Å². The fourth-order valence-electron chi connectivity index (χ4n) is 2.15. The van der Waals surface area contributed by atoms with Crippen LogP contribution in [0, 0.1) is 13.8 Å². The van der Waals surface area contributed by atoms with E-state index in [4.69, 9.17) is 4.42 Å². The molecule has 11 heteroatoms. The van der Waals surface area contributed by atoms with Crippen molar-refractivity contribution in [3.05, 3.63) is 34.7 Å². The van der Waals surface area contributed by atoms with Gasteiger partial charge in [0.25, 0.3) is 5.91 Å². The van der Waals surface area contributed by atoms with E-state index in [0.717, 1.165) is 13.0 Å². The van der Waals surface area contributed by atoms with Crippen molar-refractivity contribution in [2.45, 2.75) is 24.9 Å². The van der Waals surface area contributed by atoms with E-state index in [-0.39, 0.29) is 23.0 Å². The van der Waals surface area contributed by atoms with Crippen molar-refractivity contribution in [2.75, 3.05) is 11.6 Å². The van der Waals surface area contributed by atoms with Gasteiger partial charge in [-0.25, -0.2) is 8.42 Å². The number of carbonyl (C=O) groups excluding carboxylic acids is 1. The Bertz CT molecular complexity index is 904. The molecule has 7 nitrogen and oxygen atoms in total. The first-order chi connectivity index (χ1) is 10.9. The zero-order valence-corrected chi connectivity index (χ0v) is 13.5. The molecule has 0 radical (unpaired) electrons. The van der Waals surface area contributed by atoms with E-state index in [1.165, 1.54) is 6.92 Å². The Morgan fingerprint density at radius 2 is 1.83 bits per heavy atom. The number of halogens is 3. The maximum absolute atomic E-state index is 13.0. The first kappa shape index (κ1) is 17.9. The fraction of sp³-hybridized carbons (Fsp3) is 0.308. The van der Waals surface area contributed by atoms with Crippen LogP contribution in [-0.4, -0.2) is 30.8 Å². The number of aromatic nitrogens is 2. The van der Waals surface area contributed by atoms with Gasteiger partial charge in [0.15, 0.2) is 9.84 Å². The third kappa shape index (κ3) is 3.55.